The predicted molar refractivity (Wildman–Crippen MR) is 71.4 cm³/mol. The maximum absolute atomic E-state index is 11.6. The Morgan fingerprint density at radius 3 is 2.63 bits per heavy atom. The first-order chi connectivity index (χ1) is 9.04. The molecule has 2 N–H and O–H groups in total. The topological polar surface area (TPSA) is 83.0 Å². The maximum atomic E-state index is 11.6. The molecule has 0 aliphatic rings. The summed E-state index contributed by atoms with van der Waals surface area (Å²) in [6.07, 6.45) is 0.429. The number of nitrogens with one attached hydrogen (secondary N) is 1. The molecule has 2 aromatic rings. The van der Waals surface area contributed by atoms with Gasteiger partial charge in [-0.05, 0) is 18.9 Å². The molecule has 1 aromatic carbocycles. The second kappa shape index (κ2) is 5.06. The Kier molecular flexibility index (Phi) is 3.46. The van der Waals surface area contributed by atoms with E-state index in [4.69, 9.17) is 0 Å². The molecule has 0 amide bonds. The molecule has 0 atom stereocenters. The van der Waals surface area contributed by atoms with E-state index in [0.717, 1.165) is 5.56 Å². The highest BCUT2D eigenvalue weighted by Crippen LogP contribution is 2.25. The number of aromatic nitrogens is 2. The van der Waals surface area contributed by atoms with Gasteiger partial charge in [0.05, 0.1) is 5.69 Å². The van der Waals surface area contributed by atoms with Crippen LogP contribution in [-0.4, -0.2) is 21.0 Å². The van der Waals surface area contributed by atoms with Crippen molar-refractivity contribution >= 4 is 5.97 Å². The van der Waals surface area contributed by atoms with Crippen molar-refractivity contribution in [2.24, 2.45) is 0 Å². The van der Waals surface area contributed by atoms with E-state index < -0.39 is 11.7 Å². The van der Waals surface area contributed by atoms with Gasteiger partial charge in [0.1, 0.15) is 5.56 Å². The number of nitrogens with zero attached hydrogens (tertiary/aromatic N) is 1. The van der Waals surface area contributed by atoms with Crippen molar-refractivity contribution < 1.29 is 9.90 Å². The summed E-state index contributed by atoms with van der Waals surface area (Å²) < 4.78 is 0. The van der Waals surface area contributed by atoms with E-state index in [1.165, 1.54) is 0 Å². The lowest BCUT2D eigenvalue weighted by Crippen LogP contribution is -2.20. The lowest BCUT2D eigenvalue weighted by molar-refractivity contribution is 0.0695. The smallest absolute Gasteiger partial charge is 0.345 e. The minimum atomic E-state index is -1.08. The first kappa shape index (κ1) is 13.0. The predicted octanol–water partition coefficient (Wildman–Crippen LogP) is 2.01. The van der Waals surface area contributed by atoms with Gasteiger partial charge >= 0.3 is 11.7 Å². The minimum absolute atomic E-state index is 0.0661. The summed E-state index contributed by atoms with van der Waals surface area (Å²) in [6, 6.07) is 7.27. The van der Waals surface area contributed by atoms with Gasteiger partial charge in [-0.3, -0.25) is 0 Å². The molecule has 0 fully saturated rings. The van der Waals surface area contributed by atoms with Crippen molar-refractivity contribution in [1.82, 2.24) is 9.97 Å². The standard InChI is InChI=1S/C14H14N2O3/c1-3-10-11(13(17)18)12(16-14(19)15-10)9-7-5-4-6-8(9)2/h4-7H,3H2,1-2H3,(H,17,18)(H,15,16,19). The van der Waals surface area contributed by atoms with Crippen molar-refractivity contribution in [1.29, 1.82) is 0 Å². The second-order valence-electron chi connectivity index (χ2n) is 4.22. The Balaban J connectivity index is 2.83. The van der Waals surface area contributed by atoms with Crippen LogP contribution in [0.4, 0.5) is 0 Å². The highest BCUT2D eigenvalue weighted by molar-refractivity contribution is 5.96. The van der Waals surface area contributed by atoms with Crippen molar-refractivity contribution in [2.45, 2.75) is 20.3 Å². The van der Waals surface area contributed by atoms with Crippen molar-refractivity contribution in [3.8, 4) is 11.3 Å². The van der Waals surface area contributed by atoms with Gasteiger partial charge in [-0.1, -0.05) is 31.2 Å². The Labute approximate surface area is 110 Å². The van der Waals surface area contributed by atoms with Crippen LogP contribution in [0.15, 0.2) is 29.1 Å². The maximum Gasteiger partial charge on any atom is 0.345 e. The number of carboxylic acid groups (broad SMARTS) is 1. The van der Waals surface area contributed by atoms with Crippen molar-refractivity contribution in [3.05, 3.63) is 51.6 Å². The number of aryl methyl sites for hydroxylation is 2. The number of aromatic carboxylic acids is 1. The fourth-order valence-corrected chi connectivity index (χ4v) is 2.05. The van der Waals surface area contributed by atoms with Crippen LogP contribution in [0.1, 0.15) is 28.5 Å². The number of carbonyl (C=O) groups is 1. The largest absolute Gasteiger partial charge is 0.478 e. The molecule has 0 unspecified atom stereocenters. The van der Waals surface area contributed by atoms with Crippen molar-refractivity contribution in [3.63, 3.8) is 0 Å². The van der Waals surface area contributed by atoms with Gasteiger partial charge in [0.15, 0.2) is 0 Å². The van der Waals surface area contributed by atoms with Gasteiger partial charge < -0.3 is 10.1 Å². The summed E-state index contributed by atoms with van der Waals surface area (Å²) in [4.78, 5) is 29.3. The molecular weight excluding hydrogens is 244 g/mol. The van der Waals surface area contributed by atoms with Crippen LogP contribution < -0.4 is 5.69 Å². The molecule has 1 heterocycles. The summed E-state index contributed by atoms with van der Waals surface area (Å²) in [5, 5.41) is 9.36. The van der Waals surface area contributed by atoms with Gasteiger partial charge in [0.2, 0.25) is 0 Å². The summed E-state index contributed by atoms with van der Waals surface area (Å²) in [5.74, 6) is -1.08. The summed E-state index contributed by atoms with van der Waals surface area (Å²) >= 11 is 0. The van der Waals surface area contributed by atoms with Crippen LogP contribution in [0, 0.1) is 6.92 Å². The molecule has 1 aromatic heterocycles. The van der Waals surface area contributed by atoms with Gasteiger partial charge in [0.25, 0.3) is 0 Å². The molecule has 0 aliphatic heterocycles. The monoisotopic (exact) mass is 258 g/mol. The normalized spacial score (nSPS) is 10.4. The molecular formula is C14H14N2O3. The lowest BCUT2D eigenvalue weighted by atomic mass is 9.99. The third-order valence-corrected chi connectivity index (χ3v) is 2.98. The number of hydrogen-bond donors (Lipinski definition) is 2. The van der Waals surface area contributed by atoms with Crippen LogP contribution >= 0.6 is 0 Å². The fraction of sp³-hybridized carbons (Fsp3) is 0.214. The van der Waals surface area contributed by atoms with Crippen LogP contribution in [0.5, 0.6) is 0 Å². The third-order valence-electron chi connectivity index (χ3n) is 2.98. The number of hydrogen-bond acceptors (Lipinski definition) is 3. The number of benzene rings is 1. The SMILES string of the molecule is CCc1[nH]c(=O)nc(-c2ccccc2C)c1C(=O)O. The average Bonchev–Trinajstić information content (AvgIpc) is 2.37. The molecule has 0 saturated heterocycles. The molecule has 0 spiro atoms. The number of carboxylic acids is 1. The van der Waals surface area contributed by atoms with E-state index in [1.807, 2.05) is 19.1 Å². The van der Waals surface area contributed by atoms with Crippen LogP contribution in [-0.2, 0) is 6.42 Å². The van der Waals surface area contributed by atoms with Gasteiger partial charge in [-0.25, -0.2) is 9.59 Å². The van der Waals surface area contributed by atoms with Gasteiger partial charge in [0, 0.05) is 11.3 Å². The number of H-pyrrole nitrogens is 1. The van der Waals surface area contributed by atoms with Gasteiger partial charge in [-0.15, -0.1) is 0 Å². The number of aromatic amines is 1. The Hall–Kier alpha value is -2.43. The Morgan fingerprint density at radius 1 is 1.37 bits per heavy atom. The van der Waals surface area contributed by atoms with Crippen LogP contribution in [0.25, 0.3) is 11.3 Å². The molecule has 0 saturated carbocycles. The zero-order chi connectivity index (χ0) is 14.0. The van der Waals surface area contributed by atoms with E-state index in [2.05, 4.69) is 9.97 Å². The van der Waals surface area contributed by atoms with E-state index >= 15 is 0 Å². The zero-order valence-electron chi connectivity index (χ0n) is 10.7. The van der Waals surface area contributed by atoms with Crippen LogP contribution in [0.3, 0.4) is 0 Å². The van der Waals surface area contributed by atoms with Crippen molar-refractivity contribution in [2.75, 3.05) is 0 Å². The van der Waals surface area contributed by atoms with E-state index in [9.17, 15) is 14.7 Å². The quantitative estimate of drug-likeness (QED) is 0.882. The zero-order valence-corrected chi connectivity index (χ0v) is 10.7. The minimum Gasteiger partial charge on any atom is -0.478 e. The Bertz CT molecular complexity index is 689. The van der Waals surface area contributed by atoms with E-state index in [0.29, 0.717) is 17.7 Å². The molecule has 0 bridgehead atoms. The molecule has 0 radical (unpaired) electrons. The first-order valence-electron chi connectivity index (χ1n) is 5.97. The summed E-state index contributed by atoms with van der Waals surface area (Å²) in [6.45, 7) is 3.65. The Morgan fingerprint density at radius 2 is 2.05 bits per heavy atom. The lowest BCUT2D eigenvalue weighted by Gasteiger charge is -2.10. The molecule has 98 valence electrons. The average molecular weight is 258 g/mol. The molecule has 2 rings (SSSR count). The molecule has 5 nitrogen and oxygen atoms in total. The molecule has 0 aliphatic carbocycles. The highest BCUT2D eigenvalue weighted by atomic mass is 16.4. The molecule has 5 heteroatoms. The second-order valence-corrected chi connectivity index (χ2v) is 4.22. The van der Waals surface area contributed by atoms with E-state index in [-0.39, 0.29) is 11.3 Å². The summed E-state index contributed by atoms with van der Waals surface area (Å²) in [5.41, 5.74) is 1.71. The summed E-state index contributed by atoms with van der Waals surface area (Å²) in [7, 11) is 0. The highest BCUT2D eigenvalue weighted by Gasteiger charge is 2.20. The van der Waals surface area contributed by atoms with E-state index in [1.54, 1.807) is 19.1 Å². The third kappa shape index (κ3) is 2.40. The first-order valence-corrected chi connectivity index (χ1v) is 5.97. The molecule has 19 heavy (non-hydrogen) atoms. The fourth-order valence-electron chi connectivity index (χ4n) is 2.05. The van der Waals surface area contributed by atoms with Crippen LogP contribution in [0.2, 0.25) is 0 Å². The van der Waals surface area contributed by atoms with Gasteiger partial charge in [-0.2, -0.15) is 4.98 Å². The number of rotatable bonds is 3.